The van der Waals surface area contributed by atoms with E-state index in [-0.39, 0.29) is 5.41 Å². The normalized spacial score (nSPS) is 20.7. The summed E-state index contributed by atoms with van der Waals surface area (Å²) in [6.45, 7) is 14.7. The Balaban J connectivity index is 1.97. The fourth-order valence-corrected chi connectivity index (χ4v) is 3.84. The van der Waals surface area contributed by atoms with Crippen LogP contribution < -0.4 is 4.90 Å². The molecule has 2 rings (SSSR count). The third-order valence-electron chi connectivity index (χ3n) is 6.21. The zero-order chi connectivity index (χ0) is 21.4. The fourth-order valence-electron chi connectivity index (χ4n) is 3.84. The fraction of sp³-hybridized carbons (Fsp3) is 0.429. The molecule has 0 aliphatic heterocycles. The summed E-state index contributed by atoms with van der Waals surface area (Å²) in [4.78, 5) is 2.25. The first kappa shape index (κ1) is 23.0. The van der Waals surface area contributed by atoms with Crippen molar-refractivity contribution in [2.24, 2.45) is 11.3 Å². The van der Waals surface area contributed by atoms with Crippen LogP contribution in [0.3, 0.4) is 0 Å². The van der Waals surface area contributed by atoms with Gasteiger partial charge in [-0.3, -0.25) is 0 Å². The maximum absolute atomic E-state index is 2.38. The van der Waals surface area contributed by atoms with Gasteiger partial charge in [0.15, 0.2) is 0 Å². The van der Waals surface area contributed by atoms with Crippen LogP contribution in [-0.2, 0) is 0 Å². The van der Waals surface area contributed by atoms with Crippen LogP contribution in [-0.4, -0.2) is 13.6 Å². The molecule has 1 unspecified atom stereocenters. The number of anilines is 1. The summed E-state index contributed by atoms with van der Waals surface area (Å²) in [7, 11) is 2.13. The molecular weight excluding hydrogens is 350 g/mol. The van der Waals surface area contributed by atoms with Gasteiger partial charge in [0.2, 0.25) is 0 Å². The molecule has 1 aromatic carbocycles. The first-order chi connectivity index (χ1) is 13.7. The highest BCUT2D eigenvalue weighted by Gasteiger charge is 2.29. The van der Waals surface area contributed by atoms with E-state index < -0.39 is 0 Å². The van der Waals surface area contributed by atoms with Gasteiger partial charge < -0.3 is 4.90 Å². The highest BCUT2D eigenvalue weighted by molar-refractivity contribution is 5.46. The Bertz CT molecular complexity index is 815. The van der Waals surface area contributed by atoms with Crippen LogP contribution in [0.1, 0.15) is 54.4 Å². The van der Waals surface area contributed by atoms with E-state index in [1.807, 2.05) is 0 Å². The molecule has 0 saturated heterocycles. The van der Waals surface area contributed by atoms with Crippen LogP contribution in [0.5, 0.6) is 0 Å². The van der Waals surface area contributed by atoms with Gasteiger partial charge in [-0.15, -0.1) is 0 Å². The van der Waals surface area contributed by atoms with Crippen LogP contribution in [0.4, 0.5) is 5.69 Å². The highest BCUT2D eigenvalue weighted by atomic mass is 15.1. The van der Waals surface area contributed by atoms with Crippen LogP contribution in [0.25, 0.3) is 0 Å². The molecule has 0 radical (unpaired) electrons. The molecule has 1 aromatic rings. The topological polar surface area (TPSA) is 3.24 Å². The van der Waals surface area contributed by atoms with Crippen LogP contribution >= 0.6 is 0 Å². The molecule has 0 amide bonds. The second-order valence-electron chi connectivity index (χ2n) is 9.19. The second-order valence-corrected chi connectivity index (χ2v) is 9.19. The van der Waals surface area contributed by atoms with Crippen molar-refractivity contribution in [3.63, 3.8) is 0 Å². The van der Waals surface area contributed by atoms with E-state index in [4.69, 9.17) is 0 Å². The lowest BCUT2D eigenvalue weighted by atomic mass is 9.69. The average Bonchev–Trinajstić information content (AvgIpc) is 2.69. The largest absolute Gasteiger partial charge is 0.371 e. The Morgan fingerprint density at radius 2 is 1.79 bits per heavy atom. The van der Waals surface area contributed by atoms with Gasteiger partial charge in [-0.25, -0.2) is 0 Å². The van der Waals surface area contributed by atoms with E-state index in [1.165, 1.54) is 35.2 Å². The van der Waals surface area contributed by atoms with Crippen LogP contribution in [0.15, 0.2) is 89.1 Å². The van der Waals surface area contributed by atoms with Crippen molar-refractivity contribution >= 4 is 5.69 Å². The van der Waals surface area contributed by atoms with E-state index >= 15 is 0 Å². The van der Waals surface area contributed by atoms with E-state index in [0.717, 1.165) is 6.54 Å². The van der Waals surface area contributed by atoms with Crippen molar-refractivity contribution in [1.82, 2.24) is 0 Å². The Hall–Kier alpha value is -2.28. The predicted molar refractivity (Wildman–Crippen MR) is 130 cm³/mol. The summed E-state index contributed by atoms with van der Waals surface area (Å²) in [6, 6.07) is 10.5. The molecule has 0 spiro atoms. The molecule has 0 aromatic heterocycles. The molecule has 0 saturated carbocycles. The lowest BCUT2D eigenvalue weighted by molar-refractivity contribution is 0.339. The van der Waals surface area contributed by atoms with Gasteiger partial charge in [0.25, 0.3) is 0 Å². The SMILES string of the molecule is CC1=C(/C=C/C(C)=C/C=C/C(C)=C\CN(C)c2ccccc2)C(C)(C)CCC1C. The van der Waals surface area contributed by atoms with E-state index in [9.17, 15) is 0 Å². The lowest BCUT2D eigenvalue weighted by Crippen LogP contribution is -2.23. The summed E-state index contributed by atoms with van der Waals surface area (Å²) in [5, 5.41) is 0. The van der Waals surface area contributed by atoms with E-state index in [2.05, 4.69) is 120 Å². The molecule has 1 aliphatic rings. The number of benzene rings is 1. The molecule has 0 fully saturated rings. The first-order valence-electron chi connectivity index (χ1n) is 10.9. The highest BCUT2D eigenvalue weighted by Crippen LogP contribution is 2.43. The monoisotopic (exact) mass is 389 g/mol. The van der Waals surface area contributed by atoms with Gasteiger partial charge in [-0.2, -0.15) is 0 Å². The van der Waals surface area contributed by atoms with Crippen molar-refractivity contribution in [2.75, 3.05) is 18.5 Å². The maximum atomic E-state index is 2.38. The van der Waals surface area contributed by atoms with Crippen LogP contribution in [0, 0.1) is 11.3 Å². The van der Waals surface area contributed by atoms with Gasteiger partial charge in [-0.05, 0) is 62.7 Å². The van der Waals surface area contributed by atoms with Gasteiger partial charge in [-0.1, -0.05) is 92.1 Å². The third kappa shape index (κ3) is 6.92. The summed E-state index contributed by atoms with van der Waals surface area (Å²) < 4.78 is 0. The minimum atomic E-state index is 0.285. The molecule has 156 valence electrons. The molecule has 0 N–H and O–H groups in total. The Kier molecular flexibility index (Phi) is 8.32. The molecule has 29 heavy (non-hydrogen) atoms. The van der Waals surface area contributed by atoms with Gasteiger partial charge in [0, 0.05) is 19.3 Å². The van der Waals surface area contributed by atoms with Crippen molar-refractivity contribution in [3.8, 4) is 0 Å². The molecular formula is C28H39N. The van der Waals surface area contributed by atoms with Crippen molar-refractivity contribution in [3.05, 3.63) is 89.1 Å². The number of hydrogen-bond acceptors (Lipinski definition) is 1. The molecule has 0 bridgehead atoms. The predicted octanol–water partition coefficient (Wildman–Crippen LogP) is 7.90. The Morgan fingerprint density at radius 1 is 1.10 bits per heavy atom. The summed E-state index contributed by atoms with van der Waals surface area (Å²) in [6.07, 6.45) is 16.0. The van der Waals surface area contributed by atoms with Gasteiger partial charge >= 0.3 is 0 Å². The smallest absolute Gasteiger partial charge is 0.0366 e. The maximum Gasteiger partial charge on any atom is 0.0366 e. The minimum absolute atomic E-state index is 0.285. The quantitative estimate of drug-likeness (QED) is 0.428. The zero-order valence-corrected chi connectivity index (χ0v) is 19.5. The molecule has 1 heteroatoms. The summed E-state index contributed by atoms with van der Waals surface area (Å²) >= 11 is 0. The van der Waals surface area contributed by atoms with Crippen molar-refractivity contribution < 1.29 is 0 Å². The number of nitrogens with zero attached hydrogens (tertiary/aromatic N) is 1. The average molecular weight is 390 g/mol. The number of likely N-dealkylation sites (N-methyl/N-ethyl adjacent to an activating group) is 1. The molecule has 1 nitrogen and oxygen atoms in total. The number of rotatable bonds is 7. The van der Waals surface area contributed by atoms with Crippen molar-refractivity contribution in [1.29, 1.82) is 0 Å². The van der Waals surface area contributed by atoms with E-state index in [0.29, 0.717) is 5.92 Å². The van der Waals surface area contributed by atoms with Gasteiger partial charge in [0.1, 0.15) is 0 Å². The Morgan fingerprint density at radius 3 is 2.48 bits per heavy atom. The lowest BCUT2D eigenvalue weighted by Gasteiger charge is -2.36. The number of para-hydroxylation sites is 1. The molecule has 1 aliphatic carbocycles. The Labute approximate surface area is 179 Å². The van der Waals surface area contributed by atoms with E-state index in [1.54, 1.807) is 5.57 Å². The molecule has 0 heterocycles. The number of allylic oxidation sites excluding steroid dienone is 9. The third-order valence-corrected chi connectivity index (χ3v) is 6.21. The summed E-state index contributed by atoms with van der Waals surface area (Å²) in [5.74, 6) is 0.702. The van der Waals surface area contributed by atoms with Gasteiger partial charge in [0.05, 0.1) is 0 Å². The first-order valence-corrected chi connectivity index (χ1v) is 10.9. The van der Waals surface area contributed by atoms with Crippen LogP contribution in [0.2, 0.25) is 0 Å². The molecule has 1 atom stereocenters. The minimum Gasteiger partial charge on any atom is -0.371 e. The second kappa shape index (κ2) is 10.5. The summed E-state index contributed by atoms with van der Waals surface area (Å²) in [5.41, 5.74) is 7.17. The standard InChI is InChI=1S/C28H39N/c1-22(16-17-27-25(4)24(3)18-20-28(27,5)6)12-11-13-23(2)19-21-29(7)26-14-9-8-10-15-26/h8-17,19,24H,18,20-21H2,1-7H3/b13-11+,17-16+,22-12+,23-19-. The number of hydrogen-bond donors (Lipinski definition) is 0. The zero-order valence-electron chi connectivity index (χ0n) is 19.5. The van der Waals surface area contributed by atoms with Crippen molar-refractivity contribution in [2.45, 2.75) is 54.4 Å².